The maximum atomic E-state index is 5.45. The number of hydrogen-bond acceptors (Lipinski definition) is 4. The summed E-state index contributed by atoms with van der Waals surface area (Å²) < 4.78 is 5.45. The van der Waals surface area contributed by atoms with Crippen molar-refractivity contribution in [2.75, 3.05) is 59.0 Å². The van der Waals surface area contributed by atoms with E-state index in [9.17, 15) is 0 Å². The maximum Gasteiger partial charge on any atom is 0.0594 e. The van der Waals surface area contributed by atoms with Gasteiger partial charge < -0.3 is 15.0 Å². The van der Waals surface area contributed by atoms with E-state index in [2.05, 4.69) is 22.0 Å². The highest BCUT2D eigenvalue weighted by Gasteiger charge is 2.28. The molecule has 0 amide bonds. The molecule has 0 radical (unpaired) electrons. The van der Waals surface area contributed by atoms with Crippen molar-refractivity contribution in [1.29, 1.82) is 0 Å². The van der Waals surface area contributed by atoms with Crippen LogP contribution < -0.4 is 5.32 Å². The Bertz CT molecular complexity index is 256. The van der Waals surface area contributed by atoms with Gasteiger partial charge in [-0.15, -0.1) is 0 Å². The van der Waals surface area contributed by atoms with E-state index in [1.165, 1.54) is 71.2 Å². The van der Waals surface area contributed by atoms with Crippen molar-refractivity contribution in [2.24, 2.45) is 0 Å². The van der Waals surface area contributed by atoms with E-state index < -0.39 is 0 Å². The van der Waals surface area contributed by atoms with Crippen LogP contribution in [0.2, 0.25) is 0 Å². The van der Waals surface area contributed by atoms with Crippen molar-refractivity contribution in [3.8, 4) is 0 Å². The first kappa shape index (κ1) is 17.2. The lowest BCUT2D eigenvalue weighted by Crippen LogP contribution is -2.44. The SMILES string of the molecule is CCCNCCCCCCN1CCC(N2CCOCC2)C1. The normalized spacial score (nSPS) is 24.7. The van der Waals surface area contributed by atoms with Gasteiger partial charge in [0.1, 0.15) is 0 Å². The lowest BCUT2D eigenvalue weighted by molar-refractivity contribution is 0.0185. The first-order valence-electron chi connectivity index (χ1n) is 9.15. The van der Waals surface area contributed by atoms with Gasteiger partial charge in [-0.3, -0.25) is 4.90 Å². The van der Waals surface area contributed by atoms with Gasteiger partial charge in [0.25, 0.3) is 0 Å². The molecule has 1 atom stereocenters. The molecule has 124 valence electrons. The predicted molar refractivity (Wildman–Crippen MR) is 88.9 cm³/mol. The summed E-state index contributed by atoms with van der Waals surface area (Å²) in [7, 11) is 0. The summed E-state index contributed by atoms with van der Waals surface area (Å²) in [5.41, 5.74) is 0. The summed E-state index contributed by atoms with van der Waals surface area (Å²) in [4.78, 5) is 5.32. The minimum atomic E-state index is 0.798. The highest BCUT2D eigenvalue weighted by atomic mass is 16.5. The van der Waals surface area contributed by atoms with Crippen LogP contribution in [0.15, 0.2) is 0 Å². The van der Waals surface area contributed by atoms with Crippen molar-refractivity contribution in [3.63, 3.8) is 0 Å². The summed E-state index contributed by atoms with van der Waals surface area (Å²) in [6.07, 6.45) is 8.12. The molecule has 2 saturated heterocycles. The zero-order valence-electron chi connectivity index (χ0n) is 14.0. The van der Waals surface area contributed by atoms with Gasteiger partial charge in [0.05, 0.1) is 13.2 Å². The van der Waals surface area contributed by atoms with Gasteiger partial charge in [0.15, 0.2) is 0 Å². The van der Waals surface area contributed by atoms with Gasteiger partial charge in [-0.2, -0.15) is 0 Å². The Balaban J connectivity index is 1.45. The Kier molecular flexibility index (Phi) is 8.64. The van der Waals surface area contributed by atoms with Gasteiger partial charge in [-0.05, 0) is 51.9 Å². The molecule has 1 N–H and O–H groups in total. The fourth-order valence-corrected chi connectivity index (χ4v) is 3.50. The first-order chi connectivity index (χ1) is 10.4. The number of ether oxygens (including phenoxy) is 1. The molecule has 1 unspecified atom stereocenters. The van der Waals surface area contributed by atoms with Gasteiger partial charge >= 0.3 is 0 Å². The van der Waals surface area contributed by atoms with Gasteiger partial charge in [0, 0.05) is 25.7 Å². The third-order valence-electron chi connectivity index (χ3n) is 4.81. The molecular weight excluding hydrogens is 262 g/mol. The Hall–Kier alpha value is -0.160. The molecule has 4 heteroatoms. The van der Waals surface area contributed by atoms with Crippen molar-refractivity contribution in [1.82, 2.24) is 15.1 Å². The molecule has 4 nitrogen and oxygen atoms in total. The lowest BCUT2D eigenvalue weighted by atomic mass is 10.2. The second kappa shape index (κ2) is 10.5. The van der Waals surface area contributed by atoms with Crippen LogP contribution in [-0.2, 0) is 4.74 Å². The predicted octanol–water partition coefficient (Wildman–Crippen LogP) is 1.95. The number of nitrogens with one attached hydrogen (secondary N) is 1. The molecule has 0 aromatic rings. The summed E-state index contributed by atoms with van der Waals surface area (Å²) in [6.45, 7) is 12.7. The quantitative estimate of drug-likeness (QED) is 0.624. The average molecular weight is 297 g/mol. The van der Waals surface area contributed by atoms with E-state index in [1.807, 2.05) is 0 Å². The monoisotopic (exact) mass is 297 g/mol. The number of likely N-dealkylation sites (tertiary alicyclic amines) is 1. The minimum Gasteiger partial charge on any atom is -0.379 e. The smallest absolute Gasteiger partial charge is 0.0594 e. The summed E-state index contributed by atoms with van der Waals surface area (Å²) in [5, 5.41) is 3.48. The van der Waals surface area contributed by atoms with Crippen LogP contribution in [-0.4, -0.2) is 74.9 Å². The minimum absolute atomic E-state index is 0.798. The highest BCUT2D eigenvalue weighted by molar-refractivity contribution is 4.84. The fourth-order valence-electron chi connectivity index (χ4n) is 3.50. The van der Waals surface area contributed by atoms with Crippen LogP contribution in [0.25, 0.3) is 0 Å². The zero-order valence-corrected chi connectivity index (χ0v) is 14.0. The number of nitrogens with zero attached hydrogens (tertiary/aromatic N) is 2. The molecule has 0 saturated carbocycles. The van der Waals surface area contributed by atoms with Crippen molar-refractivity contribution >= 4 is 0 Å². The third-order valence-corrected chi connectivity index (χ3v) is 4.81. The van der Waals surface area contributed by atoms with Crippen LogP contribution in [0.5, 0.6) is 0 Å². The van der Waals surface area contributed by atoms with Crippen molar-refractivity contribution in [2.45, 2.75) is 51.5 Å². The van der Waals surface area contributed by atoms with E-state index >= 15 is 0 Å². The molecule has 2 fully saturated rings. The van der Waals surface area contributed by atoms with Crippen LogP contribution in [0.1, 0.15) is 45.4 Å². The topological polar surface area (TPSA) is 27.7 Å². The molecule has 0 bridgehead atoms. The van der Waals surface area contributed by atoms with E-state index in [-0.39, 0.29) is 0 Å². The third kappa shape index (κ3) is 6.64. The van der Waals surface area contributed by atoms with Crippen LogP contribution in [0, 0.1) is 0 Å². The molecule has 0 spiro atoms. The van der Waals surface area contributed by atoms with Crippen molar-refractivity contribution < 1.29 is 4.74 Å². The molecule has 21 heavy (non-hydrogen) atoms. The molecule has 2 aliphatic rings. The van der Waals surface area contributed by atoms with Crippen LogP contribution in [0.3, 0.4) is 0 Å². The fraction of sp³-hybridized carbons (Fsp3) is 1.00. The number of morpholine rings is 1. The molecular formula is C17H35N3O. The Morgan fingerprint density at radius 1 is 1.00 bits per heavy atom. The molecule has 0 aliphatic carbocycles. The lowest BCUT2D eigenvalue weighted by Gasteiger charge is -2.32. The Morgan fingerprint density at radius 3 is 2.62 bits per heavy atom. The Morgan fingerprint density at radius 2 is 1.81 bits per heavy atom. The van der Waals surface area contributed by atoms with Gasteiger partial charge in [-0.1, -0.05) is 19.8 Å². The van der Waals surface area contributed by atoms with E-state index in [0.717, 1.165) is 32.3 Å². The molecule has 2 heterocycles. The Labute approximate surface area is 131 Å². The standard InChI is InChI=1S/C17H35N3O/c1-2-8-18-9-5-3-4-6-10-19-11-7-17(16-19)20-12-14-21-15-13-20/h17-18H,2-16H2,1H3. The highest BCUT2D eigenvalue weighted by Crippen LogP contribution is 2.17. The summed E-state index contributed by atoms with van der Waals surface area (Å²) >= 11 is 0. The second-order valence-electron chi connectivity index (χ2n) is 6.56. The average Bonchev–Trinajstić information content (AvgIpc) is 3.00. The maximum absolute atomic E-state index is 5.45. The number of rotatable bonds is 10. The van der Waals surface area contributed by atoms with Crippen LogP contribution in [0.4, 0.5) is 0 Å². The molecule has 2 aliphatic heterocycles. The molecule has 0 aromatic heterocycles. The zero-order chi connectivity index (χ0) is 14.8. The number of unbranched alkanes of at least 4 members (excludes halogenated alkanes) is 3. The van der Waals surface area contributed by atoms with E-state index in [4.69, 9.17) is 4.74 Å². The number of hydrogen-bond donors (Lipinski definition) is 1. The molecule has 2 rings (SSSR count). The summed E-state index contributed by atoms with van der Waals surface area (Å²) in [5.74, 6) is 0. The first-order valence-corrected chi connectivity index (χ1v) is 9.15. The van der Waals surface area contributed by atoms with Crippen molar-refractivity contribution in [3.05, 3.63) is 0 Å². The van der Waals surface area contributed by atoms with E-state index in [0.29, 0.717) is 0 Å². The largest absolute Gasteiger partial charge is 0.379 e. The van der Waals surface area contributed by atoms with E-state index in [1.54, 1.807) is 0 Å². The summed E-state index contributed by atoms with van der Waals surface area (Å²) in [6, 6.07) is 0.798. The molecule has 0 aromatic carbocycles. The second-order valence-corrected chi connectivity index (χ2v) is 6.56. The van der Waals surface area contributed by atoms with Gasteiger partial charge in [-0.25, -0.2) is 0 Å². The van der Waals surface area contributed by atoms with Crippen LogP contribution >= 0.6 is 0 Å². The van der Waals surface area contributed by atoms with Gasteiger partial charge in [0.2, 0.25) is 0 Å².